The minimum absolute atomic E-state index is 0.651. The molecule has 0 aliphatic carbocycles. The largest absolute Gasteiger partial charge is 0.456 e. The van der Waals surface area contributed by atoms with Gasteiger partial charge in [-0.05, 0) is 89.0 Å². The normalized spacial score (nSPS) is 11.8. The fourth-order valence-corrected chi connectivity index (χ4v) is 10.5. The Kier molecular flexibility index (Phi) is 8.01. The molecule has 13 aromatic rings. The molecule has 9 aromatic carbocycles. The number of fused-ring (bicyclic) bond motifs is 9. The van der Waals surface area contributed by atoms with E-state index in [1.165, 1.54) is 25.6 Å². The van der Waals surface area contributed by atoms with Gasteiger partial charge >= 0.3 is 0 Å². The molecule has 0 saturated carbocycles. The summed E-state index contributed by atoms with van der Waals surface area (Å²) in [6.45, 7) is 0. The highest BCUT2D eigenvalue weighted by molar-refractivity contribution is 7.26. The third kappa shape index (κ3) is 5.80. The maximum absolute atomic E-state index is 6.32. The number of para-hydroxylation sites is 2. The monoisotopic (exact) mass is 822 g/mol. The molecule has 0 aliphatic heterocycles. The Morgan fingerprint density at radius 1 is 0.349 bits per heavy atom. The molecule has 4 aromatic heterocycles. The highest BCUT2D eigenvalue weighted by Crippen LogP contribution is 2.44. The highest BCUT2D eigenvalue weighted by Gasteiger charge is 2.20. The zero-order valence-corrected chi connectivity index (χ0v) is 34.6. The number of benzene rings is 9. The van der Waals surface area contributed by atoms with Gasteiger partial charge in [0.1, 0.15) is 11.2 Å². The SMILES string of the molecule is c1ccc(-c2nc(-c3ccccc3)nc(-c3cccc4sc5ccc(-c6ccc7c(c6)c6cc(-c8cccc9oc%10ccccc%10c89)ccc6n7-c6ccccc6)cc5c34)n2)cc1. The van der Waals surface area contributed by atoms with Crippen molar-refractivity contribution in [2.24, 2.45) is 0 Å². The quantitative estimate of drug-likeness (QED) is 0.168. The Labute approximate surface area is 365 Å². The van der Waals surface area contributed by atoms with Gasteiger partial charge in [0.2, 0.25) is 0 Å². The van der Waals surface area contributed by atoms with E-state index in [4.69, 9.17) is 19.4 Å². The van der Waals surface area contributed by atoms with Crippen LogP contribution in [0, 0.1) is 0 Å². The first-order valence-corrected chi connectivity index (χ1v) is 21.9. The molecule has 0 unspecified atom stereocenters. The number of furan rings is 1. The van der Waals surface area contributed by atoms with E-state index in [1.54, 1.807) is 11.3 Å². The standard InChI is InChI=1S/C57H34N4OS/c1-4-14-35(15-5-1)55-58-56(36-16-6-2-7-17-36)60-57(59-55)43-22-13-25-52-54(43)46-33-38(28-31-51(46)63-52)37-26-29-47-44(32-37)45-34-39(27-30-48(45)61(47)40-18-8-3-9-19-40)41-21-12-24-50-53(41)42-20-10-11-23-49(42)62-50/h1-34H. The number of thiophene rings is 1. The van der Waals surface area contributed by atoms with Crippen molar-refractivity contribution in [2.45, 2.75) is 0 Å². The van der Waals surface area contributed by atoms with Crippen molar-refractivity contribution in [3.05, 3.63) is 206 Å². The van der Waals surface area contributed by atoms with Crippen molar-refractivity contribution >= 4 is 75.3 Å². The first kappa shape index (κ1) is 35.6. The molecule has 13 rings (SSSR count). The molecule has 294 valence electrons. The average molecular weight is 823 g/mol. The number of hydrogen-bond acceptors (Lipinski definition) is 5. The Balaban J connectivity index is 1.00. The molecule has 0 N–H and O–H groups in total. The molecule has 0 radical (unpaired) electrons. The summed E-state index contributed by atoms with van der Waals surface area (Å²) in [6, 6.07) is 72.8. The Morgan fingerprint density at radius 2 is 0.905 bits per heavy atom. The molecule has 6 heteroatoms. The minimum Gasteiger partial charge on any atom is -0.456 e. The van der Waals surface area contributed by atoms with Gasteiger partial charge < -0.3 is 8.98 Å². The fraction of sp³-hybridized carbons (Fsp3) is 0. The van der Waals surface area contributed by atoms with Gasteiger partial charge in [-0.1, -0.05) is 140 Å². The molecule has 0 atom stereocenters. The van der Waals surface area contributed by atoms with Gasteiger partial charge in [0.15, 0.2) is 17.5 Å². The van der Waals surface area contributed by atoms with E-state index in [2.05, 4.69) is 162 Å². The molecule has 4 heterocycles. The van der Waals surface area contributed by atoms with Gasteiger partial charge in [-0.3, -0.25) is 0 Å². The van der Waals surface area contributed by atoms with Crippen LogP contribution in [0.5, 0.6) is 0 Å². The second-order valence-corrected chi connectivity index (χ2v) is 17.0. The van der Waals surface area contributed by atoms with Gasteiger partial charge in [-0.25, -0.2) is 15.0 Å². The summed E-state index contributed by atoms with van der Waals surface area (Å²) in [6.07, 6.45) is 0. The third-order valence-electron chi connectivity index (χ3n) is 12.3. The molecule has 0 amide bonds. The van der Waals surface area contributed by atoms with Crippen LogP contribution in [0.25, 0.3) is 126 Å². The van der Waals surface area contributed by atoms with Gasteiger partial charge in [-0.2, -0.15) is 0 Å². The topological polar surface area (TPSA) is 56.7 Å². The summed E-state index contributed by atoms with van der Waals surface area (Å²) in [5.41, 5.74) is 12.7. The lowest BCUT2D eigenvalue weighted by molar-refractivity contribution is 0.669. The predicted octanol–water partition coefficient (Wildman–Crippen LogP) is 15.6. The van der Waals surface area contributed by atoms with Crippen LogP contribution in [0.3, 0.4) is 0 Å². The second kappa shape index (κ2) is 14.2. The number of rotatable bonds is 6. The van der Waals surface area contributed by atoms with E-state index < -0.39 is 0 Å². The van der Waals surface area contributed by atoms with Crippen molar-refractivity contribution in [2.75, 3.05) is 0 Å². The van der Waals surface area contributed by atoms with E-state index in [1.807, 2.05) is 48.5 Å². The van der Waals surface area contributed by atoms with Gasteiger partial charge in [0, 0.05) is 64.1 Å². The van der Waals surface area contributed by atoms with Crippen LogP contribution in [0.15, 0.2) is 211 Å². The first-order valence-electron chi connectivity index (χ1n) is 21.1. The first-order chi connectivity index (χ1) is 31.2. The van der Waals surface area contributed by atoms with Crippen molar-refractivity contribution in [3.63, 3.8) is 0 Å². The molecular formula is C57H34N4OS. The van der Waals surface area contributed by atoms with E-state index in [9.17, 15) is 0 Å². The lowest BCUT2D eigenvalue weighted by Crippen LogP contribution is -2.00. The van der Waals surface area contributed by atoms with Crippen molar-refractivity contribution in [3.8, 4) is 62.1 Å². The molecule has 0 aliphatic rings. The maximum Gasteiger partial charge on any atom is 0.164 e. The van der Waals surface area contributed by atoms with Crippen LogP contribution in [0.4, 0.5) is 0 Å². The highest BCUT2D eigenvalue weighted by atomic mass is 32.1. The summed E-state index contributed by atoms with van der Waals surface area (Å²) in [4.78, 5) is 15.2. The Morgan fingerprint density at radius 3 is 1.63 bits per heavy atom. The zero-order chi connectivity index (χ0) is 41.4. The Bertz CT molecular complexity index is 3850. The molecule has 0 spiro atoms. The van der Waals surface area contributed by atoms with E-state index in [0.717, 1.165) is 83.0 Å². The van der Waals surface area contributed by atoms with Crippen molar-refractivity contribution < 1.29 is 4.42 Å². The Hall–Kier alpha value is -8.19. The average Bonchev–Trinajstić information content (AvgIpc) is 4.03. The lowest BCUT2D eigenvalue weighted by Gasteiger charge is -2.10. The van der Waals surface area contributed by atoms with Gasteiger partial charge in [-0.15, -0.1) is 11.3 Å². The summed E-state index contributed by atoms with van der Waals surface area (Å²) in [7, 11) is 0. The molecule has 0 fully saturated rings. The molecular weight excluding hydrogens is 789 g/mol. The van der Waals surface area contributed by atoms with Gasteiger partial charge in [0.05, 0.1) is 11.0 Å². The minimum atomic E-state index is 0.651. The van der Waals surface area contributed by atoms with E-state index in [0.29, 0.717) is 17.5 Å². The van der Waals surface area contributed by atoms with Crippen LogP contribution in [-0.4, -0.2) is 19.5 Å². The molecule has 0 saturated heterocycles. The van der Waals surface area contributed by atoms with Crippen molar-refractivity contribution in [1.29, 1.82) is 0 Å². The van der Waals surface area contributed by atoms with Crippen LogP contribution < -0.4 is 0 Å². The lowest BCUT2D eigenvalue weighted by atomic mass is 9.97. The molecule has 63 heavy (non-hydrogen) atoms. The smallest absolute Gasteiger partial charge is 0.164 e. The van der Waals surface area contributed by atoms with Crippen molar-refractivity contribution in [1.82, 2.24) is 19.5 Å². The van der Waals surface area contributed by atoms with Crippen LogP contribution in [0.2, 0.25) is 0 Å². The van der Waals surface area contributed by atoms with Crippen LogP contribution in [0.1, 0.15) is 0 Å². The van der Waals surface area contributed by atoms with Gasteiger partial charge in [0.25, 0.3) is 0 Å². The maximum atomic E-state index is 6.32. The molecule has 0 bridgehead atoms. The summed E-state index contributed by atoms with van der Waals surface area (Å²) in [5, 5.41) is 6.98. The van der Waals surface area contributed by atoms with Crippen LogP contribution >= 0.6 is 11.3 Å². The number of hydrogen-bond donors (Lipinski definition) is 0. The number of nitrogens with zero attached hydrogens (tertiary/aromatic N) is 4. The second-order valence-electron chi connectivity index (χ2n) is 15.9. The predicted molar refractivity (Wildman–Crippen MR) is 262 cm³/mol. The molecule has 5 nitrogen and oxygen atoms in total. The van der Waals surface area contributed by atoms with E-state index >= 15 is 0 Å². The summed E-state index contributed by atoms with van der Waals surface area (Å²) >= 11 is 1.80. The third-order valence-corrected chi connectivity index (χ3v) is 13.4. The van der Waals surface area contributed by atoms with Crippen LogP contribution in [-0.2, 0) is 0 Å². The zero-order valence-electron chi connectivity index (χ0n) is 33.7. The van der Waals surface area contributed by atoms with E-state index in [-0.39, 0.29) is 0 Å². The summed E-state index contributed by atoms with van der Waals surface area (Å²) in [5.74, 6) is 1.96. The fourth-order valence-electron chi connectivity index (χ4n) is 9.36. The number of aromatic nitrogens is 4. The summed E-state index contributed by atoms with van der Waals surface area (Å²) < 4.78 is 11.1.